The Kier molecular flexibility index (Phi) is 5.14. The topological polar surface area (TPSA) is 63.3 Å². The van der Waals surface area contributed by atoms with Crippen LogP contribution in [0.15, 0.2) is 28.8 Å². The molecule has 1 aromatic heterocycles. The minimum absolute atomic E-state index is 0.144. The Labute approximate surface area is 124 Å². The number of rotatable bonds is 7. The van der Waals surface area contributed by atoms with E-state index in [2.05, 4.69) is 12.1 Å². The average Bonchev–Trinajstić information content (AvgIpc) is 2.86. The molecule has 21 heavy (non-hydrogen) atoms. The normalized spacial score (nSPS) is 10.8. The predicted molar refractivity (Wildman–Crippen MR) is 81.5 cm³/mol. The van der Waals surface area contributed by atoms with Crippen molar-refractivity contribution >= 4 is 5.97 Å². The molecule has 1 aromatic carbocycles. The van der Waals surface area contributed by atoms with Crippen LogP contribution in [0.2, 0.25) is 0 Å². The number of aromatic nitrogens is 1. The lowest BCUT2D eigenvalue weighted by atomic mass is 10.0. The van der Waals surface area contributed by atoms with Gasteiger partial charge in [0.25, 0.3) is 0 Å². The molecular formula is C17H21NO3. The highest BCUT2D eigenvalue weighted by Gasteiger charge is 2.20. The Hall–Kier alpha value is -2.10. The number of nitrogens with zero attached hydrogens (tertiary/aromatic N) is 1. The van der Waals surface area contributed by atoms with Crippen LogP contribution in [0.5, 0.6) is 0 Å². The summed E-state index contributed by atoms with van der Waals surface area (Å²) in [5, 5.41) is 13.1. The number of aryl methyl sites for hydroxylation is 2. The van der Waals surface area contributed by atoms with Crippen molar-refractivity contribution in [2.45, 2.75) is 46.0 Å². The standard InChI is InChI=1S/C17H21NO3/c1-3-4-5-6-7-13-8-10-14(11-9-13)16-15(17(19)20)12(2)21-18-16/h8-11H,3-7H2,1-2H3,(H,19,20). The number of hydrogen-bond acceptors (Lipinski definition) is 3. The van der Waals surface area contributed by atoms with Gasteiger partial charge >= 0.3 is 5.97 Å². The number of carboxylic acid groups (broad SMARTS) is 1. The second kappa shape index (κ2) is 7.07. The molecule has 0 aliphatic carbocycles. The van der Waals surface area contributed by atoms with Gasteiger partial charge in [0.2, 0.25) is 0 Å². The first-order valence-corrected chi connectivity index (χ1v) is 7.42. The second-order valence-electron chi connectivity index (χ2n) is 5.28. The number of hydrogen-bond donors (Lipinski definition) is 1. The third kappa shape index (κ3) is 3.72. The first-order valence-electron chi connectivity index (χ1n) is 7.42. The molecule has 0 aliphatic rings. The molecule has 2 rings (SSSR count). The maximum Gasteiger partial charge on any atom is 0.341 e. The Bertz CT molecular complexity index is 599. The van der Waals surface area contributed by atoms with Gasteiger partial charge in [-0.25, -0.2) is 4.79 Å². The van der Waals surface area contributed by atoms with Crippen molar-refractivity contribution in [3.05, 3.63) is 41.2 Å². The highest BCUT2D eigenvalue weighted by atomic mass is 16.5. The third-order valence-electron chi connectivity index (χ3n) is 3.62. The molecule has 1 heterocycles. The van der Waals surface area contributed by atoms with Crippen molar-refractivity contribution in [2.75, 3.05) is 0 Å². The molecule has 112 valence electrons. The summed E-state index contributed by atoms with van der Waals surface area (Å²) < 4.78 is 5.00. The van der Waals surface area contributed by atoms with Crippen molar-refractivity contribution in [3.63, 3.8) is 0 Å². The minimum atomic E-state index is -1.01. The highest BCUT2D eigenvalue weighted by Crippen LogP contribution is 2.25. The number of aromatic carboxylic acids is 1. The first kappa shape index (κ1) is 15.3. The van der Waals surface area contributed by atoms with Gasteiger partial charge in [0.15, 0.2) is 0 Å². The number of carboxylic acids is 1. The van der Waals surface area contributed by atoms with Gasteiger partial charge in [-0.3, -0.25) is 0 Å². The molecule has 4 heteroatoms. The fourth-order valence-corrected chi connectivity index (χ4v) is 2.41. The van der Waals surface area contributed by atoms with Gasteiger partial charge in [-0.15, -0.1) is 0 Å². The van der Waals surface area contributed by atoms with Crippen LogP contribution in [0.3, 0.4) is 0 Å². The van der Waals surface area contributed by atoms with Gasteiger partial charge < -0.3 is 9.63 Å². The number of unbranched alkanes of at least 4 members (excludes halogenated alkanes) is 3. The number of carbonyl (C=O) groups is 1. The van der Waals surface area contributed by atoms with E-state index in [0.29, 0.717) is 11.5 Å². The minimum Gasteiger partial charge on any atom is -0.477 e. The molecule has 0 spiro atoms. The Morgan fingerprint density at radius 1 is 1.19 bits per heavy atom. The van der Waals surface area contributed by atoms with Crippen molar-refractivity contribution in [3.8, 4) is 11.3 Å². The van der Waals surface area contributed by atoms with E-state index in [4.69, 9.17) is 4.52 Å². The molecule has 1 N–H and O–H groups in total. The third-order valence-corrected chi connectivity index (χ3v) is 3.62. The SMILES string of the molecule is CCCCCCc1ccc(-c2noc(C)c2C(=O)O)cc1. The van der Waals surface area contributed by atoms with Crippen molar-refractivity contribution in [1.29, 1.82) is 0 Å². The Balaban J connectivity index is 2.10. The maximum absolute atomic E-state index is 11.2. The molecule has 0 radical (unpaired) electrons. The first-order chi connectivity index (χ1) is 10.1. The van der Waals surface area contributed by atoms with E-state index in [1.165, 1.54) is 31.2 Å². The second-order valence-corrected chi connectivity index (χ2v) is 5.28. The van der Waals surface area contributed by atoms with Gasteiger partial charge in [-0.05, 0) is 25.3 Å². The maximum atomic E-state index is 11.2. The average molecular weight is 287 g/mol. The zero-order chi connectivity index (χ0) is 15.2. The summed E-state index contributed by atoms with van der Waals surface area (Å²) >= 11 is 0. The Morgan fingerprint density at radius 2 is 1.90 bits per heavy atom. The van der Waals surface area contributed by atoms with Crippen LogP contribution < -0.4 is 0 Å². The lowest BCUT2D eigenvalue weighted by Crippen LogP contribution is -1.99. The van der Waals surface area contributed by atoms with E-state index < -0.39 is 5.97 Å². The molecule has 4 nitrogen and oxygen atoms in total. The molecule has 0 saturated carbocycles. The zero-order valence-electron chi connectivity index (χ0n) is 12.6. The highest BCUT2D eigenvalue weighted by molar-refractivity contribution is 5.95. The molecule has 0 unspecified atom stereocenters. The fourth-order valence-electron chi connectivity index (χ4n) is 2.41. The van der Waals surface area contributed by atoms with E-state index in [-0.39, 0.29) is 5.56 Å². The van der Waals surface area contributed by atoms with Crippen LogP contribution in [0.1, 0.15) is 54.3 Å². The van der Waals surface area contributed by atoms with Crippen LogP contribution in [-0.4, -0.2) is 16.2 Å². The van der Waals surface area contributed by atoms with Gasteiger partial charge in [-0.2, -0.15) is 0 Å². The summed E-state index contributed by atoms with van der Waals surface area (Å²) in [4.78, 5) is 11.2. The van der Waals surface area contributed by atoms with E-state index in [9.17, 15) is 9.90 Å². The van der Waals surface area contributed by atoms with Crippen molar-refractivity contribution in [2.24, 2.45) is 0 Å². The smallest absolute Gasteiger partial charge is 0.341 e. The van der Waals surface area contributed by atoms with Gasteiger partial charge in [0.05, 0.1) is 0 Å². The molecular weight excluding hydrogens is 266 g/mol. The Morgan fingerprint density at radius 3 is 2.52 bits per heavy atom. The molecule has 0 fully saturated rings. The summed E-state index contributed by atoms with van der Waals surface area (Å²) in [6, 6.07) is 7.91. The molecule has 0 amide bonds. The molecule has 0 aliphatic heterocycles. The van der Waals surface area contributed by atoms with Crippen LogP contribution >= 0.6 is 0 Å². The van der Waals surface area contributed by atoms with E-state index >= 15 is 0 Å². The van der Waals surface area contributed by atoms with Crippen LogP contribution in [0, 0.1) is 6.92 Å². The summed E-state index contributed by atoms with van der Waals surface area (Å²) in [6.45, 7) is 3.82. The van der Waals surface area contributed by atoms with Gasteiger partial charge in [0, 0.05) is 5.56 Å². The molecule has 0 atom stereocenters. The predicted octanol–water partition coefficient (Wildman–Crippen LogP) is 4.47. The monoisotopic (exact) mass is 287 g/mol. The zero-order valence-corrected chi connectivity index (χ0v) is 12.6. The van der Waals surface area contributed by atoms with Crippen molar-refractivity contribution in [1.82, 2.24) is 5.16 Å². The number of benzene rings is 1. The van der Waals surface area contributed by atoms with Crippen LogP contribution in [0.4, 0.5) is 0 Å². The summed E-state index contributed by atoms with van der Waals surface area (Å²) in [7, 11) is 0. The summed E-state index contributed by atoms with van der Waals surface area (Å²) in [5.74, 6) is -0.673. The van der Waals surface area contributed by atoms with E-state index in [1.807, 2.05) is 24.3 Å². The summed E-state index contributed by atoms with van der Waals surface area (Å²) in [5.41, 5.74) is 2.59. The van der Waals surface area contributed by atoms with E-state index in [0.717, 1.165) is 12.0 Å². The quantitative estimate of drug-likeness (QED) is 0.763. The van der Waals surface area contributed by atoms with Gasteiger partial charge in [-0.1, -0.05) is 55.6 Å². The largest absolute Gasteiger partial charge is 0.477 e. The van der Waals surface area contributed by atoms with Gasteiger partial charge in [0.1, 0.15) is 17.0 Å². The lowest BCUT2D eigenvalue weighted by molar-refractivity contribution is 0.0696. The molecule has 2 aromatic rings. The lowest BCUT2D eigenvalue weighted by Gasteiger charge is -2.03. The molecule has 0 saturated heterocycles. The summed E-state index contributed by atoms with van der Waals surface area (Å²) in [6.07, 6.45) is 6.02. The van der Waals surface area contributed by atoms with Crippen LogP contribution in [0.25, 0.3) is 11.3 Å². The molecule has 0 bridgehead atoms. The van der Waals surface area contributed by atoms with Crippen molar-refractivity contribution < 1.29 is 14.4 Å². The van der Waals surface area contributed by atoms with E-state index in [1.54, 1.807) is 6.92 Å². The van der Waals surface area contributed by atoms with Crippen LogP contribution in [-0.2, 0) is 6.42 Å². The fraction of sp³-hybridized carbons (Fsp3) is 0.412.